The van der Waals surface area contributed by atoms with Gasteiger partial charge in [0.1, 0.15) is 6.04 Å². The van der Waals surface area contributed by atoms with Gasteiger partial charge in [0.25, 0.3) is 0 Å². The third-order valence-electron chi connectivity index (χ3n) is 4.79. The van der Waals surface area contributed by atoms with Crippen LogP contribution >= 0.6 is 0 Å². The maximum absolute atomic E-state index is 12.9. The fourth-order valence-electron chi connectivity index (χ4n) is 3.37. The zero-order valence-electron chi connectivity index (χ0n) is 18.1. The van der Waals surface area contributed by atoms with E-state index in [4.69, 9.17) is 14.2 Å². The first-order valence-electron chi connectivity index (χ1n) is 10.2. The van der Waals surface area contributed by atoms with E-state index >= 15 is 0 Å². The van der Waals surface area contributed by atoms with Crippen LogP contribution in [0.1, 0.15) is 58.6 Å². The number of fused-ring (bicyclic) bond motifs is 1. The van der Waals surface area contributed by atoms with Crippen molar-refractivity contribution in [3.05, 3.63) is 35.0 Å². The van der Waals surface area contributed by atoms with Gasteiger partial charge < -0.3 is 19.5 Å². The van der Waals surface area contributed by atoms with Crippen molar-refractivity contribution in [1.29, 1.82) is 0 Å². The van der Waals surface area contributed by atoms with Crippen molar-refractivity contribution in [1.82, 2.24) is 20.2 Å². The summed E-state index contributed by atoms with van der Waals surface area (Å²) in [5.74, 6) is 1.29. The van der Waals surface area contributed by atoms with E-state index in [1.54, 1.807) is 11.8 Å². The lowest BCUT2D eigenvalue weighted by Crippen LogP contribution is -2.30. The molecule has 30 heavy (non-hydrogen) atoms. The largest absolute Gasteiger partial charge is 0.493 e. The lowest BCUT2D eigenvalue weighted by Gasteiger charge is -2.28. The molecule has 0 aliphatic carbocycles. The Labute approximate surface area is 176 Å². The zero-order valence-corrected chi connectivity index (χ0v) is 18.1. The first kappa shape index (κ1) is 21.6. The van der Waals surface area contributed by atoms with Crippen LogP contribution in [0.5, 0.6) is 11.5 Å². The second-order valence-electron chi connectivity index (χ2n) is 7.43. The molecule has 0 amide bonds. The number of aromatic nitrogens is 4. The second kappa shape index (κ2) is 9.60. The number of esters is 1. The van der Waals surface area contributed by atoms with Crippen molar-refractivity contribution in [2.75, 3.05) is 19.0 Å². The summed E-state index contributed by atoms with van der Waals surface area (Å²) in [7, 11) is 1.60. The minimum absolute atomic E-state index is 0.248. The normalized spacial score (nSPS) is 15.6. The Hall–Kier alpha value is -3.10. The molecule has 0 bridgehead atoms. The summed E-state index contributed by atoms with van der Waals surface area (Å²) in [4.78, 5) is 12.9. The van der Waals surface area contributed by atoms with Crippen LogP contribution in [0.25, 0.3) is 0 Å². The number of hydrogen-bond donors (Lipinski definition) is 1. The number of nitrogens with one attached hydrogen (secondary N) is 1. The van der Waals surface area contributed by atoms with Crippen LogP contribution in [0.4, 0.5) is 5.95 Å². The highest BCUT2D eigenvalue weighted by Gasteiger charge is 2.35. The predicted octanol–water partition coefficient (Wildman–Crippen LogP) is 3.49. The van der Waals surface area contributed by atoms with Crippen LogP contribution in [0, 0.1) is 0 Å². The number of nitrogens with zero attached hydrogens (tertiary/aromatic N) is 4. The SMILES string of the molecule is CCCCCOc1ccc(C2C(C(=O)OC(C)C)=C(C)Nc3nnnn32)cc1OC. The van der Waals surface area contributed by atoms with Crippen LogP contribution in [-0.4, -0.2) is 46.0 Å². The molecular weight excluding hydrogens is 386 g/mol. The number of methoxy groups -OCH3 is 1. The van der Waals surface area contributed by atoms with Crippen LogP contribution < -0.4 is 14.8 Å². The van der Waals surface area contributed by atoms with Gasteiger partial charge >= 0.3 is 5.97 Å². The van der Waals surface area contributed by atoms with Crippen LogP contribution in [-0.2, 0) is 9.53 Å². The second-order valence-corrected chi connectivity index (χ2v) is 7.43. The first-order valence-corrected chi connectivity index (χ1v) is 10.2. The third kappa shape index (κ3) is 4.55. The molecule has 3 rings (SSSR count). The maximum Gasteiger partial charge on any atom is 0.338 e. The van der Waals surface area contributed by atoms with Crippen molar-refractivity contribution >= 4 is 11.9 Å². The van der Waals surface area contributed by atoms with Gasteiger partial charge in [0, 0.05) is 5.70 Å². The molecule has 162 valence electrons. The van der Waals surface area contributed by atoms with E-state index in [1.807, 2.05) is 39.0 Å². The van der Waals surface area contributed by atoms with E-state index in [1.165, 1.54) is 0 Å². The standard InChI is InChI=1S/C21H29N5O4/c1-6-7-8-11-29-16-10-9-15(12-17(16)28-5)19-18(20(27)30-13(2)3)14(4)22-21-23-24-25-26(19)21/h9-10,12-13,19H,6-8,11H2,1-5H3,(H,22,23,25). The van der Waals surface area contributed by atoms with Gasteiger partial charge in [-0.15, -0.1) is 0 Å². The highest BCUT2D eigenvalue weighted by Crippen LogP contribution is 2.38. The molecule has 9 heteroatoms. The summed E-state index contributed by atoms with van der Waals surface area (Å²) in [6.07, 6.45) is 2.98. The van der Waals surface area contributed by atoms with Gasteiger partial charge in [-0.05, 0) is 55.3 Å². The van der Waals surface area contributed by atoms with Crippen LogP contribution in [0.2, 0.25) is 0 Å². The number of tetrazole rings is 1. The molecule has 0 saturated carbocycles. The molecule has 0 fully saturated rings. The first-order chi connectivity index (χ1) is 14.5. The smallest absolute Gasteiger partial charge is 0.338 e. The van der Waals surface area contributed by atoms with E-state index < -0.39 is 12.0 Å². The van der Waals surface area contributed by atoms with Gasteiger partial charge in [-0.3, -0.25) is 0 Å². The molecule has 1 unspecified atom stereocenters. The fourth-order valence-corrected chi connectivity index (χ4v) is 3.37. The van der Waals surface area contributed by atoms with E-state index in [9.17, 15) is 4.79 Å². The molecular formula is C21H29N5O4. The van der Waals surface area contributed by atoms with Crippen molar-refractivity contribution in [2.45, 2.75) is 59.1 Å². The van der Waals surface area contributed by atoms with Gasteiger partial charge in [-0.2, -0.15) is 4.68 Å². The summed E-state index contributed by atoms with van der Waals surface area (Å²) in [6, 6.07) is 5.06. The minimum atomic E-state index is -0.550. The highest BCUT2D eigenvalue weighted by molar-refractivity contribution is 5.92. The Kier molecular flexibility index (Phi) is 6.91. The number of anilines is 1. The van der Waals surface area contributed by atoms with Crippen LogP contribution in [0.3, 0.4) is 0 Å². The molecule has 0 spiro atoms. The Morgan fingerprint density at radius 1 is 1.27 bits per heavy atom. The summed E-state index contributed by atoms with van der Waals surface area (Å²) < 4.78 is 18.5. The minimum Gasteiger partial charge on any atom is -0.493 e. The van der Waals surface area contributed by atoms with Crippen molar-refractivity contribution in [2.24, 2.45) is 0 Å². The Morgan fingerprint density at radius 2 is 2.07 bits per heavy atom. The molecule has 1 aromatic carbocycles. The average Bonchev–Trinajstić information content (AvgIpc) is 3.17. The molecule has 1 aliphatic rings. The lowest BCUT2D eigenvalue weighted by molar-refractivity contribution is -0.143. The zero-order chi connectivity index (χ0) is 21.7. The topological polar surface area (TPSA) is 100 Å². The number of unbranched alkanes of at least 4 members (excludes halogenated alkanes) is 2. The molecule has 1 atom stereocenters. The fraction of sp³-hybridized carbons (Fsp3) is 0.524. The van der Waals surface area contributed by atoms with Gasteiger partial charge in [0.05, 0.1) is 25.4 Å². The van der Waals surface area contributed by atoms with E-state index in [2.05, 4.69) is 27.8 Å². The molecule has 1 aromatic heterocycles. The Bertz CT molecular complexity index is 922. The number of benzene rings is 1. The van der Waals surface area contributed by atoms with Gasteiger partial charge in [-0.25, -0.2) is 4.79 Å². The van der Waals surface area contributed by atoms with Gasteiger partial charge in [-0.1, -0.05) is 30.9 Å². The molecule has 1 aliphatic heterocycles. The molecule has 2 heterocycles. The van der Waals surface area contributed by atoms with Crippen LogP contribution in [0.15, 0.2) is 29.5 Å². The van der Waals surface area contributed by atoms with Crippen molar-refractivity contribution in [3.8, 4) is 11.5 Å². The lowest BCUT2D eigenvalue weighted by atomic mass is 9.95. The summed E-state index contributed by atoms with van der Waals surface area (Å²) >= 11 is 0. The third-order valence-corrected chi connectivity index (χ3v) is 4.79. The number of hydrogen-bond acceptors (Lipinski definition) is 8. The number of carbonyl (C=O) groups excluding carboxylic acids is 1. The number of carbonyl (C=O) groups is 1. The molecule has 0 radical (unpaired) electrons. The molecule has 1 N–H and O–H groups in total. The predicted molar refractivity (Wildman–Crippen MR) is 112 cm³/mol. The Balaban J connectivity index is 1.97. The van der Waals surface area contributed by atoms with E-state index in [-0.39, 0.29) is 6.10 Å². The highest BCUT2D eigenvalue weighted by atomic mass is 16.5. The molecule has 2 aromatic rings. The summed E-state index contributed by atoms with van der Waals surface area (Å²) in [5, 5.41) is 14.9. The van der Waals surface area contributed by atoms with Crippen molar-refractivity contribution < 1.29 is 19.0 Å². The van der Waals surface area contributed by atoms with E-state index in [0.717, 1.165) is 24.8 Å². The van der Waals surface area contributed by atoms with Gasteiger partial charge in [0.15, 0.2) is 11.5 Å². The van der Waals surface area contributed by atoms with Crippen molar-refractivity contribution in [3.63, 3.8) is 0 Å². The van der Waals surface area contributed by atoms with E-state index in [0.29, 0.717) is 35.3 Å². The monoisotopic (exact) mass is 415 g/mol. The maximum atomic E-state index is 12.9. The summed E-state index contributed by atoms with van der Waals surface area (Å²) in [6.45, 7) is 8.22. The summed E-state index contributed by atoms with van der Waals surface area (Å²) in [5.41, 5.74) is 1.88. The average molecular weight is 415 g/mol. The number of allylic oxidation sites excluding steroid dienone is 1. The Morgan fingerprint density at radius 3 is 2.77 bits per heavy atom. The molecule has 0 saturated heterocycles. The number of ether oxygens (including phenoxy) is 3. The number of rotatable bonds is 9. The molecule has 9 nitrogen and oxygen atoms in total. The quantitative estimate of drug-likeness (QED) is 0.491. The van der Waals surface area contributed by atoms with Gasteiger partial charge in [0.2, 0.25) is 5.95 Å².